The topological polar surface area (TPSA) is 29.5 Å². The molecule has 0 aliphatic heterocycles. The number of hydrogen-bond donors (Lipinski definition) is 1. The first-order valence-electron chi connectivity index (χ1n) is 2.98. The van der Waals surface area contributed by atoms with Crippen molar-refractivity contribution in [1.29, 1.82) is 0 Å². The molecule has 0 saturated heterocycles. The third-order valence-electron chi connectivity index (χ3n) is 0.982. The first-order chi connectivity index (χ1) is 4.76. The van der Waals surface area contributed by atoms with Gasteiger partial charge in [0.1, 0.15) is 0 Å². The van der Waals surface area contributed by atoms with E-state index in [1.807, 2.05) is 6.92 Å². The van der Waals surface area contributed by atoms with Gasteiger partial charge in [0.25, 0.3) is 0 Å². The van der Waals surface area contributed by atoms with Crippen molar-refractivity contribution in [3.63, 3.8) is 0 Å². The molecule has 0 aliphatic carbocycles. The van der Waals surface area contributed by atoms with Gasteiger partial charge >= 0.3 is 0 Å². The molecule has 0 aromatic carbocycles. The summed E-state index contributed by atoms with van der Waals surface area (Å²) in [5, 5.41) is 9.11. The second kappa shape index (κ2) is 4.68. The second-order valence-electron chi connectivity index (χ2n) is 1.66. The van der Waals surface area contributed by atoms with Gasteiger partial charge in [-0.15, -0.1) is 0 Å². The molecule has 56 valence electrons. The average Bonchev–Trinajstić information content (AvgIpc) is 1.91. The number of aliphatic hydroxyl groups excluding tert-OH is 1. The van der Waals surface area contributed by atoms with Gasteiger partial charge in [0.2, 0.25) is 0 Å². The van der Waals surface area contributed by atoms with Crippen molar-refractivity contribution in [2.75, 3.05) is 7.11 Å². The zero-order chi connectivity index (χ0) is 7.98. The Bertz CT molecular complexity index is 166. The van der Waals surface area contributed by atoms with Gasteiger partial charge in [0.05, 0.1) is 7.11 Å². The van der Waals surface area contributed by atoms with Crippen molar-refractivity contribution in [3.8, 4) is 0 Å². The van der Waals surface area contributed by atoms with Crippen molar-refractivity contribution in [2.45, 2.75) is 6.92 Å². The van der Waals surface area contributed by atoms with Crippen molar-refractivity contribution in [2.24, 2.45) is 0 Å². The maximum absolute atomic E-state index is 9.11. The summed E-state index contributed by atoms with van der Waals surface area (Å²) in [7, 11) is 1.48. The molecule has 0 aliphatic rings. The number of methoxy groups -OCH3 is 1. The molecule has 10 heavy (non-hydrogen) atoms. The fourth-order valence-electron chi connectivity index (χ4n) is 0.532. The first kappa shape index (κ1) is 8.82. The summed E-state index contributed by atoms with van der Waals surface area (Å²) >= 11 is 0. The Morgan fingerprint density at radius 1 is 1.60 bits per heavy atom. The molecule has 0 saturated carbocycles. The van der Waals surface area contributed by atoms with Gasteiger partial charge in [-0.05, 0) is 19.1 Å². The highest BCUT2D eigenvalue weighted by Crippen LogP contribution is 2.03. The fourth-order valence-corrected chi connectivity index (χ4v) is 0.532. The van der Waals surface area contributed by atoms with E-state index in [0.29, 0.717) is 5.76 Å². The Morgan fingerprint density at radius 2 is 2.20 bits per heavy atom. The number of allylic oxidation sites excluding steroid dienone is 3. The molecule has 2 heteroatoms. The molecule has 0 rings (SSSR count). The number of ether oxygens (including phenoxy) is 1. The summed E-state index contributed by atoms with van der Waals surface area (Å²) in [5.74, 6) is 0.484. The fraction of sp³-hybridized carbons (Fsp3) is 0.250. The molecular weight excluding hydrogens is 128 g/mol. The Hall–Kier alpha value is -1.18. The van der Waals surface area contributed by atoms with Gasteiger partial charge < -0.3 is 9.84 Å². The zero-order valence-corrected chi connectivity index (χ0v) is 6.29. The summed E-state index contributed by atoms with van der Waals surface area (Å²) < 4.78 is 4.77. The number of hydrogen-bond acceptors (Lipinski definition) is 2. The van der Waals surface area contributed by atoms with Crippen LogP contribution in [0.3, 0.4) is 0 Å². The van der Waals surface area contributed by atoms with E-state index in [9.17, 15) is 0 Å². The van der Waals surface area contributed by atoms with Crippen LogP contribution in [0.1, 0.15) is 6.92 Å². The first-order valence-corrected chi connectivity index (χ1v) is 2.98. The lowest BCUT2D eigenvalue weighted by Crippen LogP contribution is -1.87. The van der Waals surface area contributed by atoms with Gasteiger partial charge in [-0.25, -0.2) is 0 Å². The standard InChI is InChI=1S/C8H12O2/c1-4-6-7(9)8(5-2)10-3/h4-6,9H,2H2,1,3H3/b6-4-,8-7-. The second-order valence-corrected chi connectivity index (χ2v) is 1.66. The van der Waals surface area contributed by atoms with Crippen molar-refractivity contribution >= 4 is 0 Å². The van der Waals surface area contributed by atoms with Crippen LogP contribution in [-0.2, 0) is 4.74 Å². The van der Waals surface area contributed by atoms with Gasteiger partial charge in [0, 0.05) is 0 Å². The van der Waals surface area contributed by atoms with Crippen molar-refractivity contribution in [3.05, 3.63) is 36.3 Å². The lowest BCUT2D eigenvalue weighted by Gasteiger charge is -1.99. The lowest BCUT2D eigenvalue weighted by atomic mass is 10.3. The minimum atomic E-state index is 0.0972. The normalized spacial score (nSPS) is 13.0. The molecule has 0 unspecified atom stereocenters. The monoisotopic (exact) mass is 140 g/mol. The highest BCUT2D eigenvalue weighted by Gasteiger charge is 1.94. The van der Waals surface area contributed by atoms with Crippen molar-refractivity contribution in [1.82, 2.24) is 0 Å². The minimum Gasteiger partial charge on any atom is -0.504 e. The summed E-state index contributed by atoms with van der Waals surface area (Å²) in [5.41, 5.74) is 0. The molecule has 0 heterocycles. The zero-order valence-electron chi connectivity index (χ0n) is 6.29. The third-order valence-corrected chi connectivity index (χ3v) is 0.982. The maximum atomic E-state index is 9.11. The quantitative estimate of drug-likeness (QED) is 0.481. The lowest BCUT2D eigenvalue weighted by molar-refractivity contribution is 0.275. The highest BCUT2D eigenvalue weighted by molar-refractivity contribution is 5.21. The molecule has 1 N–H and O–H groups in total. The Kier molecular flexibility index (Phi) is 4.12. The van der Waals surface area contributed by atoms with Crippen LogP contribution in [0.5, 0.6) is 0 Å². The van der Waals surface area contributed by atoms with Crippen LogP contribution in [0.25, 0.3) is 0 Å². The van der Waals surface area contributed by atoms with E-state index in [-0.39, 0.29) is 5.76 Å². The molecule has 0 aromatic heterocycles. The summed E-state index contributed by atoms with van der Waals surface area (Å²) in [6, 6.07) is 0. The van der Waals surface area contributed by atoms with Crippen LogP contribution in [0.2, 0.25) is 0 Å². The predicted octanol–water partition coefficient (Wildman–Crippen LogP) is 2.16. The van der Waals surface area contributed by atoms with E-state index in [1.165, 1.54) is 13.2 Å². The molecule has 0 spiro atoms. The van der Waals surface area contributed by atoms with Crippen LogP contribution in [0, 0.1) is 0 Å². The smallest absolute Gasteiger partial charge is 0.159 e. The molecule has 0 fully saturated rings. The van der Waals surface area contributed by atoms with Crippen LogP contribution in [0.15, 0.2) is 36.3 Å². The van der Waals surface area contributed by atoms with Gasteiger partial charge in [-0.1, -0.05) is 12.7 Å². The van der Waals surface area contributed by atoms with E-state index in [4.69, 9.17) is 9.84 Å². The molecule has 0 bridgehead atoms. The van der Waals surface area contributed by atoms with Gasteiger partial charge in [-0.3, -0.25) is 0 Å². The van der Waals surface area contributed by atoms with Gasteiger partial charge in [-0.2, -0.15) is 0 Å². The molecular formula is C8H12O2. The van der Waals surface area contributed by atoms with Crippen molar-refractivity contribution < 1.29 is 9.84 Å². The summed E-state index contributed by atoms with van der Waals surface area (Å²) in [4.78, 5) is 0. The number of rotatable bonds is 3. The molecule has 0 aromatic rings. The molecule has 0 radical (unpaired) electrons. The maximum Gasteiger partial charge on any atom is 0.159 e. The third kappa shape index (κ3) is 2.40. The Labute approximate surface area is 61.1 Å². The Balaban J connectivity index is 4.42. The van der Waals surface area contributed by atoms with E-state index in [2.05, 4.69) is 6.58 Å². The highest BCUT2D eigenvalue weighted by atomic mass is 16.5. The molecule has 0 atom stereocenters. The van der Waals surface area contributed by atoms with Crippen LogP contribution >= 0.6 is 0 Å². The van der Waals surface area contributed by atoms with E-state index in [0.717, 1.165) is 0 Å². The average molecular weight is 140 g/mol. The van der Waals surface area contributed by atoms with Crippen LogP contribution < -0.4 is 0 Å². The number of aliphatic hydroxyl groups is 1. The van der Waals surface area contributed by atoms with E-state index < -0.39 is 0 Å². The largest absolute Gasteiger partial charge is 0.504 e. The SMILES string of the molecule is C=C/C(OC)=C(O)\C=C/C. The van der Waals surface area contributed by atoms with Crippen LogP contribution in [-0.4, -0.2) is 12.2 Å². The molecule has 2 nitrogen and oxygen atoms in total. The summed E-state index contributed by atoms with van der Waals surface area (Å²) in [6.45, 7) is 5.27. The van der Waals surface area contributed by atoms with E-state index >= 15 is 0 Å². The predicted molar refractivity (Wildman–Crippen MR) is 41.7 cm³/mol. The minimum absolute atomic E-state index is 0.0972. The van der Waals surface area contributed by atoms with E-state index in [1.54, 1.807) is 12.2 Å². The Morgan fingerprint density at radius 3 is 2.50 bits per heavy atom. The van der Waals surface area contributed by atoms with Gasteiger partial charge in [0.15, 0.2) is 11.5 Å². The molecule has 0 amide bonds. The van der Waals surface area contributed by atoms with Crippen LogP contribution in [0.4, 0.5) is 0 Å². The summed E-state index contributed by atoms with van der Waals surface area (Å²) in [6.07, 6.45) is 4.72.